The molecule has 0 aliphatic carbocycles. The Balaban J connectivity index is 1.48. The number of nitrogens with one attached hydrogen (secondary N) is 2. The summed E-state index contributed by atoms with van der Waals surface area (Å²) in [4.78, 5) is 26.1. The Kier molecular flexibility index (Phi) is 5.37. The fourth-order valence-corrected chi connectivity index (χ4v) is 3.48. The van der Waals surface area contributed by atoms with Gasteiger partial charge in [-0.1, -0.05) is 17.7 Å². The molecule has 1 aliphatic heterocycles. The van der Waals surface area contributed by atoms with Crippen molar-refractivity contribution in [1.29, 1.82) is 0 Å². The van der Waals surface area contributed by atoms with Gasteiger partial charge in [0.25, 0.3) is 5.91 Å². The first-order valence-electron chi connectivity index (χ1n) is 7.76. The highest BCUT2D eigenvalue weighted by Gasteiger charge is 2.24. The van der Waals surface area contributed by atoms with Crippen LogP contribution >= 0.6 is 22.9 Å². The largest absolute Gasteiger partial charge is 0.349 e. The molecule has 2 aromatic rings. The van der Waals surface area contributed by atoms with E-state index in [4.69, 9.17) is 11.6 Å². The Bertz CT molecular complexity index is 712. The van der Waals surface area contributed by atoms with E-state index in [9.17, 15) is 9.59 Å². The second kappa shape index (κ2) is 7.68. The van der Waals surface area contributed by atoms with E-state index in [0.29, 0.717) is 29.4 Å². The number of hydrogen-bond donors (Lipinski definition) is 2. The maximum absolute atomic E-state index is 12.3. The van der Waals surface area contributed by atoms with Crippen LogP contribution in [-0.4, -0.2) is 36.0 Å². The van der Waals surface area contributed by atoms with E-state index in [1.54, 1.807) is 29.2 Å². The van der Waals surface area contributed by atoms with Crippen LogP contribution in [0.4, 0.5) is 10.5 Å². The number of halogens is 1. The summed E-state index contributed by atoms with van der Waals surface area (Å²) >= 11 is 7.42. The van der Waals surface area contributed by atoms with Crippen LogP contribution in [0.1, 0.15) is 23.2 Å². The maximum atomic E-state index is 12.3. The molecular weight excluding hydrogens is 346 g/mol. The molecule has 24 heavy (non-hydrogen) atoms. The van der Waals surface area contributed by atoms with E-state index in [1.807, 2.05) is 16.8 Å². The van der Waals surface area contributed by atoms with Crippen molar-refractivity contribution < 1.29 is 9.59 Å². The van der Waals surface area contributed by atoms with Crippen LogP contribution in [0, 0.1) is 0 Å². The van der Waals surface area contributed by atoms with E-state index >= 15 is 0 Å². The molecule has 0 radical (unpaired) electrons. The average Bonchev–Trinajstić information content (AvgIpc) is 3.10. The Morgan fingerprint density at radius 3 is 2.67 bits per heavy atom. The zero-order valence-electron chi connectivity index (χ0n) is 13.0. The molecule has 1 aromatic heterocycles. The zero-order valence-corrected chi connectivity index (χ0v) is 14.6. The predicted molar refractivity (Wildman–Crippen MR) is 96.9 cm³/mol. The molecule has 0 bridgehead atoms. The van der Waals surface area contributed by atoms with Gasteiger partial charge in [0.2, 0.25) is 0 Å². The molecule has 2 N–H and O–H groups in total. The molecule has 3 amide bonds. The Labute approximate surface area is 149 Å². The third-order valence-corrected chi connectivity index (χ3v) is 4.89. The van der Waals surface area contributed by atoms with E-state index < -0.39 is 0 Å². The summed E-state index contributed by atoms with van der Waals surface area (Å²) in [5.41, 5.74) is 1.38. The second-order valence-corrected chi connectivity index (χ2v) is 6.90. The lowest BCUT2D eigenvalue weighted by atomic mass is 10.0. The molecule has 1 fully saturated rings. The minimum absolute atomic E-state index is 0.0434. The van der Waals surface area contributed by atoms with Gasteiger partial charge in [-0.25, -0.2) is 4.79 Å². The van der Waals surface area contributed by atoms with Gasteiger partial charge in [-0.15, -0.1) is 0 Å². The van der Waals surface area contributed by atoms with Crippen molar-refractivity contribution in [2.45, 2.75) is 18.9 Å². The molecule has 3 rings (SSSR count). The number of nitrogens with zero attached hydrogens (tertiary/aromatic N) is 1. The summed E-state index contributed by atoms with van der Waals surface area (Å²) in [6.45, 7) is 1.22. The monoisotopic (exact) mass is 363 g/mol. The van der Waals surface area contributed by atoms with E-state index in [1.165, 1.54) is 11.3 Å². The average molecular weight is 364 g/mol. The molecule has 126 valence electrons. The molecule has 7 heteroatoms. The molecule has 2 heterocycles. The smallest absolute Gasteiger partial charge is 0.321 e. The van der Waals surface area contributed by atoms with Crippen molar-refractivity contribution in [1.82, 2.24) is 10.2 Å². The van der Waals surface area contributed by atoms with Gasteiger partial charge in [-0.2, -0.15) is 11.3 Å². The van der Waals surface area contributed by atoms with Crippen molar-refractivity contribution in [3.05, 3.63) is 51.7 Å². The molecule has 0 unspecified atom stereocenters. The summed E-state index contributed by atoms with van der Waals surface area (Å²) in [7, 11) is 0. The first-order chi connectivity index (χ1) is 11.6. The van der Waals surface area contributed by atoms with Gasteiger partial charge in [0.05, 0.1) is 0 Å². The van der Waals surface area contributed by atoms with Crippen LogP contribution in [0.5, 0.6) is 0 Å². The fourth-order valence-electron chi connectivity index (χ4n) is 2.66. The number of amides is 3. The number of thiophene rings is 1. The van der Waals surface area contributed by atoms with Gasteiger partial charge in [-0.05, 0) is 42.5 Å². The quantitative estimate of drug-likeness (QED) is 0.870. The van der Waals surface area contributed by atoms with E-state index in [0.717, 1.165) is 12.8 Å². The number of carbonyl (C=O) groups is 2. The Hall–Kier alpha value is -2.05. The van der Waals surface area contributed by atoms with Crippen molar-refractivity contribution in [3.8, 4) is 0 Å². The summed E-state index contributed by atoms with van der Waals surface area (Å²) in [5.74, 6) is -0.0434. The Morgan fingerprint density at radius 2 is 2.00 bits per heavy atom. The lowest BCUT2D eigenvalue weighted by Crippen LogP contribution is -2.47. The molecule has 0 saturated carbocycles. The summed E-state index contributed by atoms with van der Waals surface area (Å²) in [5, 5.41) is 10.2. The van der Waals surface area contributed by atoms with Crippen LogP contribution in [0.25, 0.3) is 0 Å². The van der Waals surface area contributed by atoms with Crippen LogP contribution in [0.3, 0.4) is 0 Å². The summed E-state index contributed by atoms with van der Waals surface area (Å²) in [6, 6.07) is 8.86. The molecule has 1 aromatic carbocycles. The SMILES string of the molecule is O=C(NC1CCN(C(=O)Nc2cccc(Cl)c2)CC1)c1ccsc1. The molecule has 0 atom stereocenters. The molecule has 5 nitrogen and oxygen atoms in total. The normalized spacial score (nSPS) is 15.1. The lowest BCUT2D eigenvalue weighted by Gasteiger charge is -2.32. The van der Waals surface area contributed by atoms with Gasteiger partial charge in [-0.3, -0.25) is 4.79 Å². The number of urea groups is 1. The number of anilines is 1. The number of rotatable bonds is 3. The molecular formula is C17H18ClN3O2S. The predicted octanol–water partition coefficient (Wildman–Crippen LogP) is 3.83. The highest BCUT2D eigenvalue weighted by Crippen LogP contribution is 2.17. The Morgan fingerprint density at radius 1 is 1.21 bits per heavy atom. The van der Waals surface area contributed by atoms with E-state index in [2.05, 4.69) is 10.6 Å². The standard InChI is InChI=1S/C17H18ClN3O2S/c18-13-2-1-3-15(10-13)20-17(23)21-7-4-14(5-8-21)19-16(22)12-6-9-24-11-12/h1-3,6,9-11,14H,4-5,7-8H2,(H,19,22)(H,20,23). The number of benzene rings is 1. The second-order valence-electron chi connectivity index (χ2n) is 5.69. The minimum Gasteiger partial charge on any atom is -0.349 e. The molecule has 0 spiro atoms. The third-order valence-electron chi connectivity index (χ3n) is 3.98. The van der Waals surface area contributed by atoms with Crippen molar-refractivity contribution >= 4 is 40.6 Å². The number of carbonyl (C=O) groups excluding carboxylic acids is 2. The first kappa shape index (κ1) is 16.8. The van der Waals surface area contributed by atoms with Gasteiger partial charge in [0, 0.05) is 40.8 Å². The van der Waals surface area contributed by atoms with Crippen LogP contribution in [0.2, 0.25) is 5.02 Å². The van der Waals surface area contributed by atoms with Crippen molar-refractivity contribution in [2.75, 3.05) is 18.4 Å². The van der Waals surface area contributed by atoms with Crippen LogP contribution in [0.15, 0.2) is 41.1 Å². The highest BCUT2D eigenvalue weighted by atomic mass is 35.5. The molecule has 1 aliphatic rings. The fraction of sp³-hybridized carbons (Fsp3) is 0.294. The third kappa shape index (κ3) is 4.27. The topological polar surface area (TPSA) is 61.4 Å². The maximum Gasteiger partial charge on any atom is 0.321 e. The minimum atomic E-state index is -0.139. The van der Waals surface area contributed by atoms with E-state index in [-0.39, 0.29) is 18.0 Å². The number of hydrogen-bond acceptors (Lipinski definition) is 3. The van der Waals surface area contributed by atoms with Gasteiger partial charge < -0.3 is 15.5 Å². The highest BCUT2D eigenvalue weighted by molar-refractivity contribution is 7.08. The van der Waals surface area contributed by atoms with Gasteiger partial charge in [0.15, 0.2) is 0 Å². The zero-order chi connectivity index (χ0) is 16.9. The lowest BCUT2D eigenvalue weighted by molar-refractivity contribution is 0.0919. The summed E-state index contributed by atoms with van der Waals surface area (Å²) in [6.07, 6.45) is 1.50. The first-order valence-corrected chi connectivity index (χ1v) is 9.08. The number of likely N-dealkylation sites (tertiary alicyclic amines) is 1. The van der Waals surface area contributed by atoms with Gasteiger partial charge in [0.1, 0.15) is 0 Å². The van der Waals surface area contributed by atoms with Crippen LogP contribution in [-0.2, 0) is 0 Å². The number of piperidine rings is 1. The van der Waals surface area contributed by atoms with Crippen molar-refractivity contribution in [2.24, 2.45) is 0 Å². The molecule has 1 saturated heterocycles. The summed E-state index contributed by atoms with van der Waals surface area (Å²) < 4.78 is 0. The van der Waals surface area contributed by atoms with Gasteiger partial charge >= 0.3 is 6.03 Å². The van der Waals surface area contributed by atoms with Crippen LogP contribution < -0.4 is 10.6 Å². The van der Waals surface area contributed by atoms with Crippen molar-refractivity contribution in [3.63, 3.8) is 0 Å².